The molecule has 0 radical (unpaired) electrons. The van der Waals surface area contributed by atoms with Gasteiger partial charge in [0.1, 0.15) is 12.2 Å². The average Bonchev–Trinajstić information content (AvgIpc) is 3.20. The van der Waals surface area contributed by atoms with Gasteiger partial charge in [0.05, 0.1) is 19.3 Å². The molecule has 0 amide bonds. The molecule has 3 aromatic carbocycles. The molecule has 1 aliphatic rings. The highest BCUT2D eigenvalue weighted by molar-refractivity contribution is 5.50. The Hall–Kier alpha value is -2.70. The molecule has 1 aliphatic heterocycles. The lowest BCUT2D eigenvalue weighted by molar-refractivity contribution is -0.0753. The monoisotopic (exact) mass is 433 g/mol. The Morgan fingerprint density at radius 1 is 0.750 bits per heavy atom. The van der Waals surface area contributed by atoms with Crippen molar-refractivity contribution in [3.05, 3.63) is 102 Å². The Balaban J connectivity index is 1.60. The number of ether oxygens (including phenoxy) is 4. The van der Waals surface area contributed by atoms with Gasteiger partial charge in [-0.05, 0) is 28.8 Å². The molecule has 168 valence electrons. The van der Waals surface area contributed by atoms with Crippen LogP contribution in [-0.4, -0.2) is 45.9 Å². The molecule has 0 spiro atoms. The Morgan fingerprint density at radius 3 is 1.94 bits per heavy atom. The Labute approximate surface area is 190 Å². The summed E-state index contributed by atoms with van der Waals surface area (Å²) >= 11 is 0. The van der Waals surface area contributed by atoms with Crippen molar-refractivity contribution in [3.8, 4) is 0 Å². The summed E-state index contributed by atoms with van der Waals surface area (Å²) in [4.78, 5) is 0. The topological polar surface area (TPSA) is 49.0 Å². The number of benzene rings is 3. The predicted octanol–water partition coefficient (Wildman–Crippen LogP) is 4.83. The minimum absolute atomic E-state index is 0.000692. The highest BCUT2D eigenvalue weighted by Gasteiger charge is 2.36. The fourth-order valence-electron chi connectivity index (χ4n) is 4.18. The van der Waals surface area contributed by atoms with Gasteiger partial charge in [0.15, 0.2) is 6.29 Å². The molecule has 4 rings (SSSR count). The fraction of sp³-hybridized carbons (Fsp3) is 0.333. The van der Waals surface area contributed by atoms with Crippen LogP contribution in [0.2, 0.25) is 0 Å². The molecular formula is C27H31NO4. The van der Waals surface area contributed by atoms with Crippen molar-refractivity contribution >= 4 is 5.69 Å². The van der Waals surface area contributed by atoms with Gasteiger partial charge in [0.2, 0.25) is 0 Å². The van der Waals surface area contributed by atoms with E-state index in [0.29, 0.717) is 19.6 Å². The number of hydrogen-bond donors (Lipinski definition) is 1. The number of anilines is 1. The van der Waals surface area contributed by atoms with Gasteiger partial charge < -0.3 is 24.3 Å². The molecule has 0 aromatic heterocycles. The third-order valence-electron chi connectivity index (χ3n) is 5.70. The second-order valence-electron chi connectivity index (χ2n) is 7.95. The lowest BCUT2D eigenvalue weighted by atomic mass is 9.92. The van der Waals surface area contributed by atoms with Crippen LogP contribution in [0.15, 0.2) is 84.9 Å². The maximum absolute atomic E-state index is 6.18. The van der Waals surface area contributed by atoms with E-state index in [1.54, 1.807) is 14.2 Å². The van der Waals surface area contributed by atoms with E-state index in [1.165, 1.54) is 16.7 Å². The van der Waals surface area contributed by atoms with Gasteiger partial charge in [0.25, 0.3) is 0 Å². The molecule has 0 aliphatic carbocycles. The van der Waals surface area contributed by atoms with E-state index in [4.69, 9.17) is 18.9 Å². The summed E-state index contributed by atoms with van der Waals surface area (Å²) < 4.78 is 23.0. The first-order valence-corrected chi connectivity index (χ1v) is 11.0. The molecule has 1 fully saturated rings. The highest BCUT2D eigenvalue weighted by atomic mass is 16.7. The maximum Gasteiger partial charge on any atom is 0.162 e. The molecule has 1 heterocycles. The zero-order valence-electron chi connectivity index (χ0n) is 18.6. The number of hydrogen-bond acceptors (Lipinski definition) is 5. The number of nitrogens with one attached hydrogen (secondary N) is 1. The van der Waals surface area contributed by atoms with Gasteiger partial charge in [0, 0.05) is 26.3 Å². The van der Waals surface area contributed by atoms with Crippen LogP contribution in [0.25, 0.3) is 0 Å². The molecule has 1 saturated heterocycles. The van der Waals surface area contributed by atoms with Crippen LogP contribution < -0.4 is 5.32 Å². The first-order chi connectivity index (χ1) is 15.8. The number of para-hydroxylation sites is 1. The van der Waals surface area contributed by atoms with E-state index in [0.717, 1.165) is 5.69 Å². The SMILES string of the molecule is COC[C@@H]1OC(Cc2ccccc2[C@H](Nc2ccccc2)c2ccccc2)O[C@H]1COC. The molecule has 0 saturated carbocycles. The first kappa shape index (κ1) is 22.5. The standard InChI is InChI=1S/C27H31NO4/c1-29-18-24-25(19-30-2)32-26(31-24)17-21-13-9-10-16-23(21)27(20-11-5-3-6-12-20)28-22-14-7-4-8-15-22/h3-16,24-28H,17-19H2,1-2H3/t24-,25-,27+/m0/s1. The summed E-state index contributed by atoms with van der Waals surface area (Å²) in [6, 6.07) is 29.3. The van der Waals surface area contributed by atoms with Crippen LogP contribution in [0.1, 0.15) is 22.7 Å². The zero-order valence-corrected chi connectivity index (χ0v) is 18.6. The summed E-state index contributed by atoms with van der Waals surface area (Å²) in [5, 5.41) is 3.71. The van der Waals surface area contributed by atoms with Crippen molar-refractivity contribution in [3.63, 3.8) is 0 Å². The quantitative estimate of drug-likeness (QED) is 0.496. The van der Waals surface area contributed by atoms with Crippen molar-refractivity contribution < 1.29 is 18.9 Å². The van der Waals surface area contributed by atoms with Crippen LogP contribution in [0.5, 0.6) is 0 Å². The second kappa shape index (κ2) is 11.2. The maximum atomic E-state index is 6.18. The van der Waals surface area contributed by atoms with Crippen LogP contribution in [-0.2, 0) is 25.4 Å². The largest absolute Gasteiger partial charge is 0.382 e. The van der Waals surface area contributed by atoms with Crippen LogP contribution in [0, 0.1) is 0 Å². The van der Waals surface area contributed by atoms with E-state index in [2.05, 4.69) is 66.0 Å². The molecule has 3 atom stereocenters. The van der Waals surface area contributed by atoms with Gasteiger partial charge in [-0.15, -0.1) is 0 Å². The fourth-order valence-corrected chi connectivity index (χ4v) is 4.18. The minimum Gasteiger partial charge on any atom is -0.382 e. The summed E-state index contributed by atoms with van der Waals surface area (Å²) in [6.07, 6.45) is 0.0368. The highest BCUT2D eigenvalue weighted by Crippen LogP contribution is 2.31. The van der Waals surface area contributed by atoms with Crippen molar-refractivity contribution in [2.75, 3.05) is 32.8 Å². The number of methoxy groups -OCH3 is 2. The summed E-state index contributed by atoms with van der Waals surface area (Å²) in [5.41, 5.74) is 4.66. The Kier molecular flexibility index (Phi) is 7.91. The molecule has 32 heavy (non-hydrogen) atoms. The van der Waals surface area contributed by atoms with E-state index in [-0.39, 0.29) is 24.5 Å². The van der Waals surface area contributed by atoms with E-state index < -0.39 is 0 Å². The molecule has 5 nitrogen and oxygen atoms in total. The molecule has 0 bridgehead atoms. The normalized spacial score (nSPS) is 19.7. The van der Waals surface area contributed by atoms with Gasteiger partial charge >= 0.3 is 0 Å². The molecule has 5 heteroatoms. The van der Waals surface area contributed by atoms with Gasteiger partial charge in [-0.25, -0.2) is 0 Å². The Bertz CT molecular complexity index is 936. The second-order valence-corrected chi connectivity index (χ2v) is 7.95. The Morgan fingerprint density at radius 2 is 1.31 bits per heavy atom. The van der Waals surface area contributed by atoms with Crippen LogP contribution in [0.4, 0.5) is 5.69 Å². The van der Waals surface area contributed by atoms with Gasteiger partial charge in [-0.1, -0.05) is 72.8 Å². The van der Waals surface area contributed by atoms with Crippen molar-refractivity contribution in [1.29, 1.82) is 0 Å². The number of rotatable bonds is 10. The van der Waals surface area contributed by atoms with Crippen LogP contribution >= 0.6 is 0 Å². The zero-order chi connectivity index (χ0) is 22.2. The summed E-state index contributed by atoms with van der Waals surface area (Å²) in [6.45, 7) is 0.961. The van der Waals surface area contributed by atoms with Crippen molar-refractivity contribution in [1.82, 2.24) is 0 Å². The smallest absolute Gasteiger partial charge is 0.162 e. The summed E-state index contributed by atoms with van der Waals surface area (Å²) in [5.74, 6) is 0. The lowest BCUT2D eigenvalue weighted by Crippen LogP contribution is -2.30. The predicted molar refractivity (Wildman–Crippen MR) is 126 cm³/mol. The van der Waals surface area contributed by atoms with Gasteiger partial charge in [-0.3, -0.25) is 0 Å². The van der Waals surface area contributed by atoms with Gasteiger partial charge in [-0.2, -0.15) is 0 Å². The van der Waals surface area contributed by atoms with E-state index in [1.807, 2.05) is 24.3 Å². The molecule has 1 N–H and O–H groups in total. The van der Waals surface area contributed by atoms with Crippen molar-refractivity contribution in [2.45, 2.75) is 31.0 Å². The minimum atomic E-state index is -0.343. The van der Waals surface area contributed by atoms with E-state index >= 15 is 0 Å². The van der Waals surface area contributed by atoms with Crippen molar-refractivity contribution in [2.24, 2.45) is 0 Å². The lowest BCUT2D eigenvalue weighted by Gasteiger charge is -2.24. The summed E-state index contributed by atoms with van der Waals surface area (Å²) in [7, 11) is 3.35. The third kappa shape index (κ3) is 5.56. The molecule has 0 unspecified atom stereocenters. The third-order valence-corrected chi connectivity index (χ3v) is 5.70. The van der Waals surface area contributed by atoms with Crippen LogP contribution in [0.3, 0.4) is 0 Å². The molecule has 3 aromatic rings. The first-order valence-electron chi connectivity index (χ1n) is 11.0. The van der Waals surface area contributed by atoms with E-state index in [9.17, 15) is 0 Å². The molecular weight excluding hydrogens is 402 g/mol. The average molecular weight is 434 g/mol.